The van der Waals surface area contributed by atoms with Crippen molar-refractivity contribution < 1.29 is 14.7 Å². The molecule has 2 aromatic rings. The second-order valence-electron chi connectivity index (χ2n) is 8.49. The van der Waals surface area contributed by atoms with E-state index in [1.165, 1.54) is 0 Å². The Labute approximate surface area is 168 Å². The molecule has 2 saturated carbocycles. The average molecular weight is 395 g/mol. The first-order chi connectivity index (χ1) is 14.0. The Kier molecular flexibility index (Phi) is 4.58. The number of anilines is 1. The molecule has 1 aliphatic heterocycles. The summed E-state index contributed by atoms with van der Waals surface area (Å²) in [6.07, 6.45) is 10.2. The third-order valence-corrected chi connectivity index (χ3v) is 6.02. The van der Waals surface area contributed by atoms with Crippen LogP contribution < -0.4 is 10.6 Å². The standard InChI is InChI=1S/C21H25N5O3/c27-17-5-1-12(2-6-17)7-16-10-18(23-15-3-4-15)26-20(24-16)14(11-22-26)8-13-9-19(28)25-21(13)29/h8,10-12,15,17,23,27H,1-7,9H2,(H,25,28,29)/b13-8+. The van der Waals surface area contributed by atoms with Gasteiger partial charge in [-0.3, -0.25) is 14.9 Å². The van der Waals surface area contributed by atoms with Gasteiger partial charge in [0.25, 0.3) is 5.91 Å². The Bertz CT molecular complexity index is 999. The summed E-state index contributed by atoms with van der Waals surface area (Å²) in [5.74, 6) is 0.814. The zero-order valence-corrected chi connectivity index (χ0v) is 16.2. The van der Waals surface area contributed by atoms with E-state index in [-0.39, 0.29) is 24.3 Å². The molecular weight excluding hydrogens is 370 g/mol. The molecule has 3 N–H and O–H groups in total. The predicted molar refractivity (Wildman–Crippen MR) is 107 cm³/mol. The van der Waals surface area contributed by atoms with Crippen molar-refractivity contribution in [3.8, 4) is 0 Å². The van der Waals surface area contributed by atoms with Crippen molar-refractivity contribution >= 4 is 29.4 Å². The first kappa shape index (κ1) is 18.3. The van der Waals surface area contributed by atoms with Gasteiger partial charge < -0.3 is 10.4 Å². The van der Waals surface area contributed by atoms with E-state index in [1.54, 1.807) is 16.8 Å². The summed E-state index contributed by atoms with van der Waals surface area (Å²) in [4.78, 5) is 28.3. The third-order valence-electron chi connectivity index (χ3n) is 6.02. The summed E-state index contributed by atoms with van der Waals surface area (Å²) in [7, 11) is 0. The van der Waals surface area contributed by atoms with Gasteiger partial charge in [0, 0.05) is 28.9 Å². The summed E-state index contributed by atoms with van der Waals surface area (Å²) < 4.78 is 1.79. The Balaban J connectivity index is 1.49. The number of hydrogen-bond acceptors (Lipinski definition) is 6. The minimum Gasteiger partial charge on any atom is -0.393 e. The van der Waals surface area contributed by atoms with E-state index in [4.69, 9.17) is 4.98 Å². The van der Waals surface area contributed by atoms with Gasteiger partial charge >= 0.3 is 0 Å². The number of rotatable bonds is 5. The fourth-order valence-corrected chi connectivity index (χ4v) is 4.23. The van der Waals surface area contributed by atoms with Gasteiger partial charge in [-0.1, -0.05) is 0 Å². The molecule has 2 amide bonds. The van der Waals surface area contributed by atoms with E-state index in [9.17, 15) is 14.7 Å². The molecule has 0 radical (unpaired) electrons. The minimum absolute atomic E-state index is 0.0907. The molecule has 0 unspecified atom stereocenters. The van der Waals surface area contributed by atoms with Crippen LogP contribution in [0, 0.1) is 5.92 Å². The number of aliphatic hydroxyl groups excluding tert-OH is 1. The maximum atomic E-state index is 11.9. The molecule has 3 fully saturated rings. The fraction of sp³-hybridized carbons (Fsp3) is 0.524. The predicted octanol–water partition coefficient (Wildman–Crippen LogP) is 1.83. The Morgan fingerprint density at radius 2 is 2.00 bits per heavy atom. The second-order valence-corrected chi connectivity index (χ2v) is 8.49. The highest BCUT2D eigenvalue weighted by atomic mass is 16.3. The highest BCUT2D eigenvalue weighted by Crippen LogP contribution is 2.30. The van der Waals surface area contributed by atoms with Gasteiger partial charge in [-0.2, -0.15) is 9.61 Å². The lowest BCUT2D eigenvalue weighted by Crippen LogP contribution is -2.20. The van der Waals surface area contributed by atoms with Gasteiger partial charge in [0.2, 0.25) is 5.91 Å². The van der Waals surface area contributed by atoms with Crippen molar-refractivity contribution in [2.75, 3.05) is 5.32 Å². The molecule has 8 heteroatoms. The van der Waals surface area contributed by atoms with E-state index in [0.717, 1.165) is 62.0 Å². The van der Waals surface area contributed by atoms with Crippen LogP contribution in [0.3, 0.4) is 0 Å². The number of carbonyl (C=O) groups excluding carboxylic acids is 2. The molecule has 29 heavy (non-hydrogen) atoms. The zero-order valence-electron chi connectivity index (χ0n) is 16.2. The molecule has 0 bridgehead atoms. The van der Waals surface area contributed by atoms with E-state index in [0.29, 0.717) is 23.2 Å². The Morgan fingerprint density at radius 1 is 1.21 bits per heavy atom. The summed E-state index contributed by atoms with van der Waals surface area (Å²) in [5.41, 5.74) is 2.87. The van der Waals surface area contributed by atoms with Crippen molar-refractivity contribution in [1.29, 1.82) is 0 Å². The van der Waals surface area contributed by atoms with Crippen molar-refractivity contribution in [2.45, 2.75) is 63.5 Å². The number of nitrogens with zero attached hydrogens (tertiary/aromatic N) is 3. The van der Waals surface area contributed by atoms with E-state index in [2.05, 4.69) is 21.8 Å². The molecule has 5 rings (SSSR count). The zero-order chi connectivity index (χ0) is 20.0. The molecule has 2 aromatic heterocycles. The molecule has 152 valence electrons. The van der Waals surface area contributed by atoms with Crippen LogP contribution in [0.25, 0.3) is 11.7 Å². The lowest BCUT2D eigenvalue weighted by molar-refractivity contribution is -0.124. The third kappa shape index (κ3) is 3.89. The number of fused-ring (bicyclic) bond motifs is 1. The van der Waals surface area contributed by atoms with Gasteiger partial charge in [0.1, 0.15) is 5.82 Å². The average Bonchev–Trinajstić information content (AvgIpc) is 3.33. The first-order valence-electron chi connectivity index (χ1n) is 10.4. The minimum atomic E-state index is -0.345. The van der Waals surface area contributed by atoms with Gasteiger partial charge in [0.15, 0.2) is 5.65 Å². The molecule has 2 aliphatic carbocycles. The summed E-state index contributed by atoms with van der Waals surface area (Å²) >= 11 is 0. The van der Waals surface area contributed by atoms with E-state index >= 15 is 0 Å². The highest BCUT2D eigenvalue weighted by Gasteiger charge is 2.26. The van der Waals surface area contributed by atoms with Crippen LogP contribution >= 0.6 is 0 Å². The molecule has 8 nitrogen and oxygen atoms in total. The Morgan fingerprint density at radius 3 is 2.69 bits per heavy atom. The molecule has 3 aliphatic rings. The summed E-state index contributed by atoms with van der Waals surface area (Å²) in [5, 5.41) is 20.1. The quantitative estimate of drug-likeness (QED) is 0.526. The lowest BCUT2D eigenvalue weighted by Gasteiger charge is -2.25. The van der Waals surface area contributed by atoms with Gasteiger partial charge in [-0.05, 0) is 56.9 Å². The number of nitrogens with one attached hydrogen (secondary N) is 2. The number of carbonyl (C=O) groups is 2. The van der Waals surface area contributed by atoms with Crippen molar-refractivity contribution in [1.82, 2.24) is 19.9 Å². The van der Waals surface area contributed by atoms with E-state index in [1.807, 2.05) is 0 Å². The number of hydrogen-bond donors (Lipinski definition) is 3. The summed E-state index contributed by atoms with van der Waals surface area (Å²) in [6.45, 7) is 0. The Hall–Kier alpha value is -2.74. The number of amides is 2. The second kappa shape index (κ2) is 7.26. The van der Waals surface area contributed by atoms with Crippen molar-refractivity contribution in [3.05, 3.63) is 29.1 Å². The van der Waals surface area contributed by atoms with Crippen LogP contribution in [-0.2, 0) is 16.0 Å². The molecule has 0 spiro atoms. The topological polar surface area (TPSA) is 109 Å². The molecule has 0 aromatic carbocycles. The SMILES string of the molecule is O=C1C/C(=C\c2cnn3c(NC4CC4)cc(CC4CCC(O)CC4)nc23)C(=O)N1. The monoisotopic (exact) mass is 395 g/mol. The van der Waals surface area contributed by atoms with Gasteiger partial charge in [-0.15, -0.1) is 0 Å². The highest BCUT2D eigenvalue weighted by molar-refractivity contribution is 6.15. The molecule has 3 heterocycles. The lowest BCUT2D eigenvalue weighted by atomic mass is 9.84. The molecule has 1 saturated heterocycles. The van der Waals surface area contributed by atoms with Crippen LogP contribution in [0.15, 0.2) is 17.8 Å². The number of aromatic nitrogens is 3. The van der Waals surface area contributed by atoms with Gasteiger partial charge in [0.05, 0.1) is 18.7 Å². The fourth-order valence-electron chi connectivity index (χ4n) is 4.23. The first-order valence-corrected chi connectivity index (χ1v) is 10.4. The largest absolute Gasteiger partial charge is 0.393 e. The summed E-state index contributed by atoms with van der Waals surface area (Å²) in [6, 6.07) is 2.55. The number of aliphatic hydroxyl groups is 1. The van der Waals surface area contributed by atoms with Crippen LogP contribution in [0.2, 0.25) is 0 Å². The number of imide groups is 1. The van der Waals surface area contributed by atoms with Crippen LogP contribution in [0.1, 0.15) is 56.2 Å². The van der Waals surface area contributed by atoms with Crippen molar-refractivity contribution in [2.24, 2.45) is 5.92 Å². The van der Waals surface area contributed by atoms with Crippen LogP contribution in [0.4, 0.5) is 5.82 Å². The maximum absolute atomic E-state index is 11.9. The van der Waals surface area contributed by atoms with Crippen LogP contribution in [0.5, 0.6) is 0 Å². The van der Waals surface area contributed by atoms with Crippen molar-refractivity contribution in [3.63, 3.8) is 0 Å². The molecule has 0 atom stereocenters. The van der Waals surface area contributed by atoms with Crippen LogP contribution in [-0.4, -0.2) is 43.7 Å². The smallest absolute Gasteiger partial charge is 0.254 e. The maximum Gasteiger partial charge on any atom is 0.254 e. The molecular formula is C21H25N5O3. The normalized spacial score (nSPS) is 26.3. The van der Waals surface area contributed by atoms with E-state index < -0.39 is 0 Å². The van der Waals surface area contributed by atoms with Gasteiger partial charge in [-0.25, -0.2) is 4.98 Å².